The van der Waals surface area contributed by atoms with Crippen LogP contribution in [0.1, 0.15) is 29.2 Å². The molecule has 0 bridgehead atoms. The lowest BCUT2D eigenvalue weighted by Gasteiger charge is -2.21. The molecule has 1 unspecified atom stereocenters. The van der Waals surface area contributed by atoms with Crippen LogP contribution in [0.15, 0.2) is 42.6 Å². The summed E-state index contributed by atoms with van der Waals surface area (Å²) in [6, 6.07) is 10.9. The smallest absolute Gasteiger partial charge is 0.421 e. The lowest BCUT2D eigenvalue weighted by Crippen LogP contribution is -2.21. The molecule has 1 heterocycles. The van der Waals surface area contributed by atoms with Gasteiger partial charge in [0.25, 0.3) is 0 Å². The van der Waals surface area contributed by atoms with Gasteiger partial charge in [0.2, 0.25) is 5.95 Å². The van der Waals surface area contributed by atoms with E-state index in [2.05, 4.69) is 25.9 Å². The Bertz CT molecular complexity index is 1260. The van der Waals surface area contributed by atoms with Crippen molar-refractivity contribution in [2.24, 2.45) is 0 Å². The second kappa shape index (κ2) is 12.2. The van der Waals surface area contributed by atoms with Gasteiger partial charge in [-0.2, -0.15) is 18.2 Å². The first-order chi connectivity index (χ1) is 17.5. The summed E-state index contributed by atoms with van der Waals surface area (Å²) in [5.74, 6) is 0.108. The number of hydrogen-bond acceptors (Lipinski definition) is 7. The van der Waals surface area contributed by atoms with Gasteiger partial charge in [-0.1, -0.05) is 25.1 Å². The highest BCUT2D eigenvalue weighted by molar-refractivity contribution is 7.85. The lowest BCUT2D eigenvalue weighted by molar-refractivity contribution is -0.137. The Kier molecular flexibility index (Phi) is 9.33. The molecule has 8 nitrogen and oxygen atoms in total. The average Bonchev–Trinajstić information content (AvgIpc) is 2.86. The normalized spacial score (nSPS) is 12.2. The molecule has 1 atom stereocenters. The second-order valence-corrected chi connectivity index (χ2v) is 9.70. The number of aromatic nitrogens is 2. The number of alkyl halides is 3. The van der Waals surface area contributed by atoms with Crippen LogP contribution in [0, 0.1) is 6.92 Å². The maximum absolute atomic E-state index is 13.7. The summed E-state index contributed by atoms with van der Waals surface area (Å²) in [6.45, 7) is 5.38. The van der Waals surface area contributed by atoms with E-state index in [1.807, 2.05) is 38.1 Å². The van der Waals surface area contributed by atoms with Crippen molar-refractivity contribution >= 4 is 34.1 Å². The molecule has 0 amide bonds. The van der Waals surface area contributed by atoms with E-state index < -0.39 is 22.7 Å². The molecule has 3 rings (SSSR count). The molecular formula is C25H31F3N6O2S. The van der Waals surface area contributed by atoms with Crippen molar-refractivity contribution in [1.29, 1.82) is 0 Å². The van der Waals surface area contributed by atoms with Crippen LogP contribution in [0.25, 0.3) is 0 Å². The number of rotatable bonds is 11. The Balaban J connectivity index is 1.91. The predicted octanol–water partition coefficient (Wildman–Crippen LogP) is 5.01. The van der Waals surface area contributed by atoms with E-state index in [4.69, 9.17) is 4.74 Å². The van der Waals surface area contributed by atoms with Gasteiger partial charge in [0.05, 0.1) is 18.5 Å². The van der Waals surface area contributed by atoms with Crippen LogP contribution < -0.4 is 25.0 Å². The summed E-state index contributed by atoms with van der Waals surface area (Å²) in [5.41, 5.74) is 2.77. The molecule has 1 aromatic heterocycles. The number of nitrogens with one attached hydrogen (secondary N) is 3. The third kappa shape index (κ3) is 7.32. The third-order valence-electron chi connectivity index (χ3n) is 5.60. The van der Waals surface area contributed by atoms with Gasteiger partial charge in [-0.3, -0.25) is 4.31 Å². The molecule has 0 aliphatic rings. The molecule has 0 aliphatic heterocycles. The molecule has 0 saturated heterocycles. The molecular weight excluding hydrogens is 505 g/mol. The number of halogens is 3. The highest BCUT2D eigenvalue weighted by Gasteiger charge is 2.35. The molecule has 0 radical (unpaired) electrons. The summed E-state index contributed by atoms with van der Waals surface area (Å²) in [6.07, 6.45) is -2.39. The molecule has 2 aromatic carbocycles. The lowest BCUT2D eigenvalue weighted by atomic mass is 10.1. The van der Waals surface area contributed by atoms with E-state index in [1.165, 1.54) is 13.4 Å². The van der Waals surface area contributed by atoms with E-state index >= 15 is 0 Å². The fourth-order valence-electron chi connectivity index (χ4n) is 3.56. The van der Waals surface area contributed by atoms with Crippen molar-refractivity contribution < 1.29 is 22.1 Å². The van der Waals surface area contributed by atoms with Crippen LogP contribution in [0.2, 0.25) is 0 Å². The summed E-state index contributed by atoms with van der Waals surface area (Å²) < 4.78 is 60.3. The topological polar surface area (TPSA) is 91.4 Å². The van der Waals surface area contributed by atoms with Crippen LogP contribution in [0.4, 0.5) is 36.3 Å². The van der Waals surface area contributed by atoms with Crippen LogP contribution in [0.3, 0.4) is 0 Å². The third-order valence-corrected chi connectivity index (χ3v) is 6.57. The van der Waals surface area contributed by atoms with E-state index in [-0.39, 0.29) is 18.3 Å². The Morgan fingerprint density at radius 1 is 1.14 bits per heavy atom. The van der Waals surface area contributed by atoms with Gasteiger partial charge in [-0.15, -0.1) is 0 Å². The minimum absolute atomic E-state index is 0.0239. The molecule has 12 heteroatoms. The highest BCUT2D eigenvalue weighted by Crippen LogP contribution is 2.35. The first kappa shape index (κ1) is 28.2. The van der Waals surface area contributed by atoms with Crippen molar-refractivity contribution in [2.45, 2.75) is 33.1 Å². The molecule has 3 aromatic rings. The zero-order valence-electron chi connectivity index (χ0n) is 21.4. The number of nitrogens with zero attached hydrogens (tertiary/aromatic N) is 3. The van der Waals surface area contributed by atoms with Gasteiger partial charge >= 0.3 is 6.18 Å². The fourth-order valence-corrected chi connectivity index (χ4v) is 4.00. The van der Waals surface area contributed by atoms with Gasteiger partial charge in [0.1, 0.15) is 28.1 Å². The van der Waals surface area contributed by atoms with Gasteiger partial charge in [-0.05, 0) is 48.4 Å². The van der Waals surface area contributed by atoms with Crippen molar-refractivity contribution in [2.75, 3.05) is 41.9 Å². The largest absolute Gasteiger partial charge is 0.495 e. The second-order valence-electron chi connectivity index (χ2n) is 8.30. The quantitative estimate of drug-likeness (QED) is 0.317. The number of methoxy groups -OCH3 is 1. The molecule has 200 valence electrons. The number of anilines is 4. The maximum Gasteiger partial charge on any atom is 0.421 e. The molecule has 0 fully saturated rings. The molecule has 3 N–H and O–H groups in total. The van der Waals surface area contributed by atoms with Crippen LogP contribution in [0.5, 0.6) is 5.75 Å². The zero-order chi connectivity index (χ0) is 27.2. The zero-order valence-corrected chi connectivity index (χ0v) is 22.2. The highest BCUT2D eigenvalue weighted by atomic mass is 32.2. The first-order valence-corrected chi connectivity index (χ1v) is 13.0. The van der Waals surface area contributed by atoms with Crippen molar-refractivity contribution in [3.63, 3.8) is 0 Å². The fraction of sp³-hybridized carbons (Fsp3) is 0.360. The molecule has 0 saturated carbocycles. The Labute approximate surface area is 217 Å². The van der Waals surface area contributed by atoms with Gasteiger partial charge in [0, 0.05) is 32.6 Å². The minimum atomic E-state index is -4.66. The first-order valence-electron chi connectivity index (χ1n) is 11.5. The van der Waals surface area contributed by atoms with E-state index in [1.54, 1.807) is 23.5 Å². The van der Waals surface area contributed by atoms with Crippen molar-refractivity contribution in [3.8, 4) is 5.75 Å². The van der Waals surface area contributed by atoms with Crippen LogP contribution in [-0.4, -0.2) is 41.1 Å². The maximum atomic E-state index is 13.7. The monoisotopic (exact) mass is 536 g/mol. The SMILES string of the molecule is CCNCc1ccc(Nc2ncc(C(F)(F)F)c(NCc3ccc(C)cc3N(C)S(C)=O)n2)c(OC)c1. The van der Waals surface area contributed by atoms with Crippen LogP contribution >= 0.6 is 0 Å². The van der Waals surface area contributed by atoms with Gasteiger partial charge in [0.15, 0.2) is 0 Å². The van der Waals surface area contributed by atoms with E-state index in [0.717, 1.165) is 23.9 Å². The number of hydrogen-bond donors (Lipinski definition) is 3. The van der Waals surface area contributed by atoms with Crippen LogP contribution in [-0.2, 0) is 30.3 Å². The average molecular weight is 537 g/mol. The minimum Gasteiger partial charge on any atom is -0.495 e. The number of aryl methyl sites for hydroxylation is 1. The van der Waals surface area contributed by atoms with Gasteiger partial charge < -0.3 is 20.7 Å². The van der Waals surface area contributed by atoms with E-state index in [9.17, 15) is 17.4 Å². The summed E-state index contributed by atoms with van der Waals surface area (Å²) in [5, 5.41) is 8.98. The molecule has 0 aliphatic carbocycles. The summed E-state index contributed by atoms with van der Waals surface area (Å²) >= 11 is 0. The van der Waals surface area contributed by atoms with E-state index in [0.29, 0.717) is 29.2 Å². The molecule has 0 spiro atoms. The Hall–Kier alpha value is -3.38. The summed E-state index contributed by atoms with van der Waals surface area (Å²) in [4.78, 5) is 8.01. The summed E-state index contributed by atoms with van der Waals surface area (Å²) in [7, 11) is 1.87. The Morgan fingerprint density at radius 3 is 2.54 bits per heavy atom. The standard InChI is InChI=1S/C25H31F3N6O2S/c1-6-29-13-17-8-10-20(22(12-17)36-4)32-24-31-15-19(25(26,27)28)23(33-24)30-14-18-9-7-16(2)11-21(18)34(3)37(5)35/h7-12,15,29H,6,13-14H2,1-5H3,(H2,30,31,32,33). The Morgan fingerprint density at radius 2 is 1.89 bits per heavy atom. The number of benzene rings is 2. The molecule has 37 heavy (non-hydrogen) atoms. The predicted molar refractivity (Wildman–Crippen MR) is 142 cm³/mol. The van der Waals surface area contributed by atoms with Crippen molar-refractivity contribution in [3.05, 3.63) is 64.8 Å². The van der Waals surface area contributed by atoms with Gasteiger partial charge in [-0.25, -0.2) is 9.19 Å². The van der Waals surface area contributed by atoms with Crippen molar-refractivity contribution in [1.82, 2.24) is 15.3 Å². The number of ether oxygens (including phenoxy) is 1.